The van der Waals surface area contributed by atoms with Gasteiger partial charge in [-0.2, -0.15) is 5.10 Å². The molecular weight excluding hydrogens is 486 g/mol. The van der Waals surface area contributed by atoms with Crippen LogP contribution in [0.5, 0.6) is 11.5 Å². The molecule has 0 fully saturated rings. The first-order valence-electron chi connectivity index (χ1n) is 12.1. The fraction of sp³-hybridized carbons (Fsp3) is 0.379. The van der Waals surface area contributed by atoms with Crippen LogP contribution in [0.25, 0.3) is 21.5 Å². The first-order valence-corrected chi connectivity index (χ1v) is 13.0. The van der Waals surface area contributed by atoms with E-state index in [2.05, 4.69) is 10.1 Å². The third-order valence-corrected chi connectivity index (χ3v) is 7.27. The van der Waals surface area contributed by atoms with Gasteiger partial charge in [-0.05, 0) is 42.0 Å². The minimum atomic E-state index is -0.412. The van der Waals surface area contributed by atoms with Crippen LogP contribution in [-0.4, -0.2) is 32.8 Å². The maximum atomic E-state index is 13.6. The Bertz CT molecular complexity index is 1530. The number of Topliss-reactive ketones (excluding diaryl/α,β-unsaturated/α-hetero) is 1. The van der Waals surface area contributed by atoms with Gasteiger partial charge in [0.1, 0.15) is 23.7 Å². The second-order valence-corrected chi connectivity index (χ2v) is 12.5. The van der Waals surface area contributed by atoms with Gasteiger partial charge in [0.05, 0.1) is 16.8 Å². The molecule has 0 saturated carbocycles. The summed E-state index contributed by atoms with van der Waals surface area (Å²) in [6.07, 6.45) is 0. The number of ether oxygens (including phenoxy) is 1. The molecular formula is C29H33N3O4S. The van der Waals surface area contributed by atoms with E-state index in [1.165, 1.54) is 16.0 Å². The van der Waals surface area contributed by atoms with Gasteiger partial charge in [-0.15, -0.1) is 11.3 Å². The molecule has 0 spiro atoms. The second kappa shape index (κ2) is 9.41. The zero-order valence-electron chi connectivity index (χ0n) is 22.6. The zero-order valence-corrected chi connectivity index (χ0v) is 23.4. The molecule has 0 saturated heterocycles. The zero-order chi connectivity index (χ0) is 27.3. The van der Waals surface area contributed by atoms with E-state index in [-0.39, 0.29) is 28.9 Å². The summed E-state index contributed by atoms with van der Waals surface area (Å²) >= 11 is 1.40. The number of aromatic hydroxyl groups is 1. The number of fused-ring (bicyclic) bond motifs is 1. The number of aryl methyl sites for hydroxylation is 1. The average molecular weight is 520 g/mol. The Kier molecular flexibility index (Phi) is 6.75. The smallest absolute Gasteiger partial charge is 0.294 e. The van der Waals surface area contributed by atoms with E-state index in [4.69, 9.17) is 4.74 Å². The van der Waals surface area contributed by atoms with Crippen molar-refractivity contribution in [2.75, 3.05) is 7.11 Å². The van der Waals surface area contributed by atoms with Crippen LogP contribution in [0.3, 0.4) is 0 Å². The predicted octanol–water partition coefficient (Wildman–Crippen LogP) is 6.02. The normalized spacial score (nSPS) is 12.2. The standard InChI is InChI=1S/C29H33N3O4S/c1-16-30-24-26(37-16)23(17-10-9-11-19(12-17)36-8)31-32(27(24)35)15-22(33)18-13-20(28(2,3)4)25(34)21(14-18)29(5,6)7/h9-14,34H,15H2,1-8H3. The molecule has 0 amide bonds. The molecule has 8 heteroatoms. The SMILES string of the molecule is COc1cccc(-c2nn(CC(=O)c3cc(C(C)(C)C)c(O)c(C(C)(C)C)c3)c(=O)c3nc(C)sc23)c1. The Morgan fingerprint density at radius 3 is 2.24 bits per heavy atom. The van der Waals surface area contributed by atoms with Crippen LogP contribution >= 0.6 is 11.3 Å². The van der Waals surface area contributed by atoms with Gasteiger partial charge in [0.2, 0.25) is 0 Å². The van der Waals surface area contributed by atoms with Gasteiger partial charge in [0, 0.05) is 22.3 Å². The Labute approximate surface area is 220 Å². The van der Waals surface area contributed by atoms with Gasteiger partial charge in [0.25, 0.3) is 5.56 Å². The Balaban J connectivity index is 1.86. The van der Waals surface area contributed by atoms with E-state index in [1.807, 2.05) is 72.7 Å². The van der Waals surface area contributed by atoms with E-state index in [0.717, 1.165) is 10.6 Å². The molecule has 1 N–H and O–H groups in total. The monoisotopic (exact) mass is 519 g/mol. The number of thiazole rings is 1. The molecule has 0 aliphatic heterocycles. The molecule has 37 heavy (non-hydrogen) atoms. The van der Waals surface area contributed by atoms with Gasteiger partial charge in [0.15, 0.2) is 11.3 Å². The van der Waals surface area contributed by atoms with Crippen LogP contribution in [0, 0.1) is 6.92 Å². The number of methoxy groups -OCH3 is 1. The summed E-state index contributed by atoms with van der Waals surface area (Å²) in [6.45, 7) is 13.6. The lowest BCUT2D eigenvalue weighted by atomic mass is 9.78. The first kappa shape index (κ1) is 26.5. The number of phenolic OH excluding ortho intramolecular Hbond substituents is 1. The number of hydrogen-bond acceptors (Lipinski definition) is 7. The fourth-order valence-electron chi connectivity index (χ4n) is 4.30. The molecule has 2 heterocycles. The number of aromatic nitrogens is 3. The highest BCUT2D eigenvalue weighted by Gasteiger charge is 2.28. The van der Waals surface area contributed by atoms with Crippen molar-refractivity contribution in [3.63, 3.8) is 0 Å². The van der Waals surface area contributed by atoms with E-state index in [9.17, 15) is 14.7 Å². The number of rotatable bonds is 5. The lowest BCUT2D eigenvalue weighted by molar-refractivity contribution is 0.0966. The second-order valence-electron chi connectivity index (χ2n) is 11.3. The third-order valence-electron chi connectivity index (χ3n) is 6.29. The van der Waals surface area contributed by atoms with Crippen molar-refractivity contribution in [2.24, 2.45) is 0 Å². The molecule has 194 valence electrons. The van der Waals surface area contributed by atoms with E-state index in [1.54, 1.807) is 19.2 Å². The number of carbonyl (C=O) groups excluding carboxylic acids is 1. The summed E-state index contributed by atoms with van der Waals surface area (Å²) in [5.41, 5.74) is 2.26. The highest BCUT2D eigenvalue weighted by atomic mass is 32.1. The van der Waals surface area contributed by atoms with Gasteiger partial charge >= 0.3 is 0 Å². The van der Waals surface area contributed by atoms with Gasteiger partial charge in [-0.1, -0.05) is 53.7 Å². The molecule has 7 nitrogen and oxygen atoms in total. The van der Waals surface area contributed by atoms with Crippen LogP contribution in [0.1, 0.15) is 68.0 Å². The first-order chi connectivity index (χ1) is 17.2. The minimum Gasteiger partial charge on any atom is -0.507 e. The number of ketones is 1. The van der Waals surface area contributed by atoms with Crippen molar-refractivity contribution < 1.29 is 14.6 Å². The van der Waals surface area contributed by atoms with Gasteiger partial charge in [-0.3, -0.25) is 9.59 Å². The van der Waals surface area contributed by atoms with Crippen LogP contribution < -0.4 is 10.3 Å². The van der Waals surface area contributed by atoms with E-state index in [0.29, 0.717) is 38.4 Å². The van der Waals surface area contributed by atoms with Crippen molar-refractivity contribution in [2.45, 2.75) is 65.8 Å². The van der Waals surface area contributed by atoms with Crippen molar-refractivity contribution >= 4 is 27.3 Å². The minimum absolute atomic E-state index is 0.200. The number of carbonyl (C=O) groups is 1. The maximum Gasteiger partial charge on any atom is 0.294 e. The Morgan fingerprint density at radius 2 is 1.68 bits per heavy atom. The number of benzene rings is 2. The fourth-order valence-corrected chi connectivity index (χ4v) is 5.22. The molecule has 2 aromatic carbocycles. The largest absolute Gasteiger partial charge is 0.507 e. The molecule has 0 radical (unpaired) electrons. The topological polar surface area (TPSA) is 94.3 Å². The Morgan fingerprint density at radius 1 is 1.05 bits per heavy atom. The number of nitrogens with zero attached hydrogens (tertiary/aromatic N) is 3. The predicted molar refractivity (Wildman–Crippen MR) is 148 cm³/mol. The molecule has 0 aliphatic rings. The summed E-state index contributed by atoms with van der Waals surface area (Å²) < 4.78 is 7.24. The third kappa shape index (κ3) is 5.16. The number of hydrogen-bond donors (Lipinski definition) is 1. The van der Waals surface area contributed by atoms with Crippen molar-refractivity contribution in [3.8, 4) is 22.8 Å². The molecule has 0 atom stereocenters. The van der Waals surface area contributed by atoms with Crippen LogP contribution in [0.15, 0.2) is 41.2 Å². The summed E-state index contributed by atoms with van der Waals surface area (Å²) in [7, 11) is 1.59. The molecule has 0 bridgehead atoms. The van der Waals surface area contributed by atoms with Crippen LogP contribution in [0.4, 0.5) is 0 Å². The quantitative estimate of drug-likeness (QED) is 0.324. The molecule has 0 aliphatic carbocycles. The van der Waals surface area contributed by atoms with Gasteiger partial charge in [-0.25, -0.2) is 9.67 Å². The van der Waals surface area contributed by atoms with E-state index < -0.39 is 5.56 Å². The molecule has 0 unspecified atom stereocenters. The highest BCUT2D eigenvalue weighted by molar-refractivity contribution is 7.19. The summed E-state index contributed by atoms with van der Waals surface area (Å²) in [5, 5.41) is 16.4. The Hall–Kier alpha value is -3.52. The molecule has 4 aromatic rings. The highest BCUT2D eigenvalue weighted by Crippen LogP contribution is 2.40. The van der Waals surface area contributed by atoms with Crippen molar-refractivity contribution in [1.29, 1.82) is 0 Å². The molecule has 2 aromatic heterocycles. The number of phenols is 1. The van der Waals surface area contributed by atoms with Crippen molar-refractivity contribution in [1.82, 2.24) is 14.8 Å². The lowest BCUT2D eigenvalue weighted by Gasteiger charge is -2.28. The van der Waals surface area contributed by atoms with Crippen molar-refractivity contribution in [3.05, 3.63) is 68.4 Å². The van der Waals surface area contributed by atoms with Crippen LogP contribution in [0.2, 0.25) is 0 Å². The average Bonchev–Trinajstić information content (AvgIpc) is 3.21. The van der Waals surface area contributed by atoms with Crippen LogP contribution in [-0.2, 0) is 17.4 Å². The summed E-state index contributed by atoms with van der Waals surface area (Å²) in [4.78, 5) is 31.4. The summed E-state index contributed by atoms with van der Waals surface area (Å²) in [5.74, 6) is 0.594. The van der Waals surface area contributed by atoms with E-state index >= 15 is 0 Å². The summed E-state index contributed by atoms with van der Waals surface area (Å²) in [6, 6.07) is 10.9. The molecule has 4 rings (SSSR count). The van der Waals surface area contributed by atoms with Gasteiger partial charge < -0.3 is 9.84 Å². The maximum absolute atomic E-state index is 13.6. The lowest BCUT2D eigenvalue weighted by Crippen LogP contribution is -2.28.